The largest absolute Gasteiger partial charge is 0.330 e. The van der Waals surface area contributed by atoms with Gasteiger partial charge in [-0.3, -0.25) is 4.40 Å². The Morgan fingerprint density at radius 2 is 1.90 bits per heavy atom. The second kappa shape index (κ2) is 5.56. The fraction of sp³-hybridized carbons (Fsp3) is 0.133. The quantitative estimate of drug-likeness (QED) is 0.778. The number of imidazole rings is 1. The number of fused-ring (bicyclic) bond motifs is 1. The van der Waals surface area contributed by atoms with Crippen LogP contribution in [0.1, 0.15) is 5.69 Å². The SMILES string of the molecule is NCCc1nc2ccc(Br)cn2c1-c1ccc(Cl)cc1. The monoisotopic (exact) mass is 349 g/mol. The fourth-order valence-electron chi connectivity index (χ4n) is 2.29. The van der Waals surface area contributed by atoms with E-state index in [1.807, 2.05) is 42.6 Å². The molecule has 2 N–H and O–H groups in total. The van der Waals surface area contributed by atoms with Gasteiger partial charge in [0.15, 0.2) is 0 Å². The Morgan fingerprint density at radius 1 is 1.15 bits per heavy atom. The Morgan fingerprint density at radius 3 is 2.60 bits per heavy atom. The van der Waals surface area contributed by atoms with E-state index in [1.54, 1.807) is 0 Å². The van der Waals surface area contributed by atoms with Crippen LogP contribution in [0.25, 0.3) is 16.9 Å². The van der Waals surface area contributed by atoms with Crippen molar-refractivity contribution in [2.45, 2.75) is 6.42 Å². The van der Waals surface area contributed by atoms with E-state index in [9.17, 15) is 0 Å². The van der Waals surface area contributed by atoms with Crippen molar-refractivity contribution in [1.82, 2.24) is 9.38 Å². The van der Waals surface area contributed by atoms with E-state index in [1.165, 1.54) is 0 Å². The van der Waals surface area contributed by atoms with Crippen LogP contribution in [0.15, 0.2) is 47.1 Å². The maximum atomic E-state index is 5.97. The van der Waals surface area contributed by atoms with Crippen LogP contribution >= 0.6 is 27.5 Å². The van der Waals surface area contributed by atoms with Gasteiger partial charge in [-0.05, 0) is 46.7 Å². The molecule has 102 valence electrons. The number of pyridine rings is 1. The second-order valence-corrected chi connectivity index (χ2v) is 5.88. The van der Waals surface area contributed by atoms with Crippen LogP contribution in [0, 0.1) is 0 Å². The summed E-state index contributed by atoms with van der Waals surface area (Å²) in [6, 6.07) is 11.8. The minimum atomic E-state index is 0.575. The van der Waals surface area contributed by atoms with E-state index in [0.29, 0.717) is 6.54 Å². The van der Waals surface area contributed by atoms with E-state index in [0.717, 1.165) is 38.5 Å². The number of benzene rings is 1. The number of rotatable bonds is 3. The Balaban J connectivity index is 2.27. The molecule has 3 rings (SSSR count). The van der Waals surface area contributed by atoms with Crippen LogP contribution in [-0.4, -0.2) is 15.9 Å². The van der Waals surface area contributed by atoms with Crippen molar-refractivity contribution in [2.75, 3.05) is 6.54 Å². The third-order valence-electron chi connectivity index (χ3n) is 3.15. The molecule has 0 fully saturated rings. The van der Waals surface area contributed by atoms with Crippen LogP contribution in [0.4, 0.5) is 0 Å². The van der Waals surface area contributed by atoms with Gasteiger partial charge in [-0.1, -0.05) is 23.7 Å². The molecule has 0 aliphatic carbocycles. The molecule has 0 unspecified atom stereocenters. The Kier molecular flexibility index (Phi) is 3.78. The lowest BCUT2D eigenvalue weighted by Gasteiger charge is -2.05. The first kappa shape index (κ1) is 13.6. The molecule has 0 atom stereocenters. The number of nitrogens with zero attached hydrogens (tertiary/aromatic N) is 2. The van der Waals surface area contributed by atoms with Gasteiger partial charge >= 0.3 is 0 Å². The van der Waals surface area contributed by atoms with Gasteiger partial charge in [0.2, 0.25) is 0 Å². The van der Waals surface area contributed by atoms with E-state index in [4.69, 9.17) is 17.3 Å². The minimum Gasteiger partial charge on any atom is -0.330 e. The molecule has 3 nitrogen and oxygen atoms in total. The van der Waals surface area contributed by atoms with E-state index in [-0.39, 0.29) is 0 Å². The van der Waals surface area contributed by atoms with Crippen molar-refractivity contribution in [3.05, 3.63) is 57.8 Å². The summed E-state index contributed by atoms with van der Waals surface area (Å²) in [6.07, 6.45) is 2.77. The maximum Gasteiger partial charge on any atom is 0.137 e. The summed E-state index contributed by atoms with van der Waals surface area (Å²) in [5, 5.41) is 0.726. The van der Waals surface area contributed by atoms with Gasteiger partial charge in [0.1, 0.15) is 5.65 Å². The first-order valence-electron chi connectivity index (χ1n) is 6.31. The first-order valence-corrected chi connectivity index (χ1v) is 7.48. The van der Waals surface area contributed by atoms with Gasteiger partial charge in [0, 0.05) is 27.7 Å². The van der Waals surface area contributed by atoms with Gasteiger partial charge in [-0.25, -0.2) is 4.98 Å². The van der Waals surface area contributed by atoms with E-state index >= 15 is 0 Å². The van der Waals surface area contributed by atoms with Gasteiger partial charge in [0.25, 0.3) is 0 Å². The molecular weight excluding hydrogens is 338 g/mol. The van der Waals surface area contributed by atoms with Crippen LogP contribution in [0.3, 0.4) is 0 Å². The van der Waals surface area contributed by atoms with Crippen LogP contribution in [-0.2, 0) is 6.42 Å². The lowest BCUT2D eigenvalue weighted by atomic mass is 10.1. The summed E-state index contributed by atoms with van der Waals surface area (Å²) >= 11 is 9.47. The summed E-state index contributed by atoms with van der Waals surface area (Å²) in [5.41, 5.74) is 9.79. The lowest BCUT2D eigenvalue weighted by Crippen LogP contribution is -2.04. The summed E-state index contributed by atoms with van der Waals surface area (Å²) in [7, 11) is 0. The second-order valence-electron chi connectivity index (χ2n) is 4.53. The Labute approximate surface area is 130 Å². The van der Waals surface area contributed by atoms with Gasteiger partial charge in [-0.15, -0.1) is 0 Å². The van der Waals surface area contributed by atoms with E-state index < -0.39 is 0 Å². The predicted molar refractivity (Wildman–Crippen MR) is 86.1 cm³/mol. The Bertz CT molecular complexity index is 750. The van der Waals surface area contributed by atoms with Crippen molar-refractivity contribution in [1.29, 1.82) is 0 Å². The topological polar surface area (TPSA) is 43.3 Å². The summed E-state index contributed by atoms with van der Waals surface area (Å²) in [6.45, 7) is 0.575. The molecule has 0 spiro atoms. The molecular formula is C15H13BrClN3. The molecule has 0 bridgehead atoms. The van der Waals surface area contributed by atoms with Crippen molar-refractivity contribution < 1.29 is 0 Å². The maximum absolute atomic E-state index is 5.97. The van der Waals surface area contributed by atoms with Crippen LogP contribution in [0.5, 0.6) is 0 Å². The number of nitrogens with two attached hydrogens (primary N) is 1. The molecule has 0 amide bonds. The van der Waals surface area contributed by atoms with Gasteiger partial charge in [0.05, 0.1) is 11.4 Å². The van der Waals surface area contributed by atoms with Gasteiger partial charge in [-0.2, -0.15) is 0 Å². The fourth-order valence-corrected chi connectivity index (χ4v) is 2.75. The molecule has 2 heterocycles. The van der Waals surface area contributed by atoms with Crippen LogP contribution < -0.4 is 5.73 Å². The number of aromatic nitrogens is 2. The average Bonchev–Trinajstić information content (AvgIpc) is 2.78. The summed E-state index contributed by atoms with van der Waals surface area (Å²) in [4.78, 5) is 4.67. The molecule has 1 aromatic carbocycles. The molecule has 5 heteroatoms. The smallest absolute Gasteiger partial charge is 0.137 e. The van der Waals surface area contributed by atoms with Crippen molar-refractivity contribution in [3.8, 4) is 11.3 Å². The molecule has 0 saturated heterocycles. The van der Waals surface area contributed by atoms with Crippen molar-refractivity contribution in [2.24, 2.45) is 5.73 Å². The van der Waals surface area contributed by atoms with E-state index in [2.05, 4.69) is 25.3 Å². The minimum absolute atomic E-state index is 0.575. The number of hydrogen-bond acceptors (Lipinski definition) is 2. The molecule has 0 radical (unpaired) electrons. The Hall–Kier alpha value is -1.36. The summed E-state index contributed by atoms with van der Waals surface area (Å²) in [5.74, 6) is 0. The highest BCUT2D eigenvalue weighted by Gasteiger charge is 2.13. The standard InChI is InChI=1S/C15H13BrClN3/c16-11-3-6-14-19-13(7-8-18)15(20(14)9-11)10-1-4-12(17)5-2-10/h1-6,9H,7-8,18H2. The molecule has 2 aromatic heterocycles. The lowest BCUT2D eigenvalue weighted by molar-refractivity contribution is 0.939. The zero-order valence-electron chi connectivity index (χ0n) is 10.7. The normalized spacial score (nSPS) is 11.2. The highest BCUT2D eigenvalue weighted by Crippen LogP contribution is 2.28. The molecule has 0 aliphatic heterocycles. The van der Waals surface area contributed by atoms with Gasteiger partial charge < -0.3 is 5.73 Å². The van der Waals surface area contributed by atoms with Crippen molar-refractivity contribution in [3.63, 3.8) is 0 Å². The zero-order chi connectivity index (χ0) is 14.1. The number of hydrogen-bond donors (Lipinski definition) is 1. The third-order valence-corrected chi connectivity index (χ3v) is 3.87. The average molecular weight is 351 g/mol. The number of halogens is 2. The molecule has 20 heavy (non-hydrogen) atoms. The van der Waals surface area contributed by atoms with Crippen molar-refractivity contribution >= 4 is 33.2 Å². The molecule has 0 aliphatic rings. The predicted octanol–water partition coefficient (Wildman–Crippen LogP) is 3.92. The zero-order valence-corrected chi connectivity index (χ0v) is 13.0. The third kappa shape index (κ3) is 2.46. The highest BCUT2D eigenvalue weighted by molar-refractivity contribution is 9.10. The molecule has 0 saturated carbocycles. The highest BCUT2D eigenvalue weighted by atomic mass is 79.9. The summed E-state index contributed by atoms with van der Waals surface area (Å²) < 4.78 is 3.09. The first-order chi connectivity index (χ1) is 9.69. The van der Waals surface area contributed by atoms with Crippen LogP contribution in [0.2, 0.25) is 5.02 Å². The molecule has 3 aromatic rings.